The number of amides is 2. The van der Waals surface area contributed by atoms with E-state index in [9.17, 15) is 29.4 Å². The Morgan fingerprint density at radius 2 is 1.24 bits per heavy atom. The van der Waals surface area contributed by atoms with E-state index in [4.69, 9.17) is 15.9 Å². The number of aromatic nitrogens is 6. The van der Waals surface area contributed by atoms with Gasteiger partial charge in [-0.05, 0) is 61.4 Å². The van der Waals surface area contributed by atoms with Crippen LogP contribution in [0, 0.1) is 24.2 Å². The molecule has 0 radical (unpaired) electrons. The summed E-state index contributed by atoms with van der Waals surface area (Å²) in [4.78, 5) is 59.2. The number of rotatable bonds is 6. The van der Waals surface area contributed by atoms with Crippen LogP contribution >= 0.6 is 15.9 Å². The van der Waals surface area contributed by atoms with Gasteiger partial charge >= 0.3 is 11.9 Å². The van der Waals surface area contributed by atoms with Gasteiger partial charge in [0.05, 0.1) is 58.8 Å². The van der Waals surface area contributed by atoms with Crippen LogP contribution in [0.5, 0.6) is 0 Å². The highest BCUT2D eigenvalue weighted by atomic mass is 79.9. The molecule has 0 saturated carbocycles. The summed E-state index contributed by atoms with van der Waals surface area (Å²) in [5, 5.41) is 30.2. The van der Waals surface area contributed by atoms with E-state index < -0.39 is 29.0 Å². The normalized spacial score (nSPS) is 17.9. The largest absolute Gasteiger partial charge is 0.464 e. The van der Waals surface area contributed by atoms with Crippen molar-refractivity contribution in [2.24, 2.45) is 0 Å². The van der Waals surface area contributed by atoms with E-state index in [1.807, 2.05) is 50.2 Å². The summed E-state index contributed by atoms with van der Waals surface area (Å²) in [5.41, 5.74) is 2.62. The van der Waals surface area contributed by atoms with Gasteiger partial charge in [0.1, 0.15) is 0 Å². The van der Waals surface area contributed by atoms with E-state index in [0.717, 1.165) is 38.0 Å². The Balaban J connectivity index is 0.000000178. The molecule has 2 aliphatic rings. The van der Waals surface area contributed by atoms with Crippen LogP contribution in [0.15, 0.2) is 77.5 Å². The molecule has 17 heteroatoms. The average molecular weight is 918 g/mol. The summed E-state index contributed by atoms with van der Waals surface area (Å²) in [7, 11) is 5.94. The number of likely N-dealkylation sites (tertiary alicyclic amines) is 2. The molecule has 0 spiro atoms. The maximum absolute atomic E-state index is 12.3. The fourth-order valence-corrected chi connectivity index (χ4v) is 7.52. The van der Waals surface area contributed by atoms with Gasteiger partial charge in [0.15, 0.2) is 11.4 Å². The van der Waals surface area contributed by atoms with E-state index in [1.165, 1.54) is 24.0 Å². The molecule has 0 aliphatic carbocycles. The molecule has 2 aliphatic heterocycles. The van der Waals surface area contributed by atoms with Crippen LogP contribution in [0.2, 0.25) is 0 Å². The highest BCUT2D eigenvalue weighted by molar-refractivity contribution is 9.10. The van der Waals surface area contributed by atoms with Gasteiger partial charge in [0.25, 0.3) is 11.8 Å². The third-order valence-corrected chi connectivity index (χ3v) is 11.1. The van der Waals surface area contributed by atoms with Gasteiger partial charge < -0.3 is 29.5 Å². The zero-order valence-electron chi connectivity index (χ0n) is 35.5. The molecule has 2 atom stereocenters. The van der Waals surface area contributed by atoms with Crippen molar-refractivity contribution in [1.29, 1.82) is 0 Å². The monoisotopic (exact) mass is 916 g/mol. The van der Waals surface area contributed by atoms with Crippen molar-refractivity contribution >= 4 is 61.5 Å². The number of esters is 2. The molecule has 2 aromatic carbocycles. The molecule has 324 valence electrons. The quantitative estimate of drug-likeness (QED) is 0.176. The minimum atomic E-state index is -1.66. The topological polar surface area (TPSA) is 195 Å². The first-order valence-corrected chi connectivity index (χ1v) is 20.7. The van der Waals surface area contributed by atoms with Crippen molar-refractivity contribution < 1.29 is 38.9 Å². The molecule has 0 unspecified atom stereocenters. The zero-order valence-corrected chi connectivity index (χ0v) is 37.1. The van der Waals surface area contributed by atoms with Crippen LogP contribution in [0.1, 0.15) is 64.6 Å². The second kappa shape index (κ2) is 19.0. The maximum atomic E-state index is 12.3. The molecule has 6 aromatic rings. The number of methoxy groups -OCH3 is 2. The number of aryl methyl sites for hydroxylation is 2. The van der Waals surface area contributed by atoms with Crippen molar-refractivity contribution in [3.63, 3.8) is 0 Å². The first-order valence-electron chi connectivity index (χ1n) is 19.9. The van der Waals surface area contributed by atoms with Crippen LogP contribution in [-0.2, 0) is 31.9 Å². The summed E-state index contributed by atoms with van der Waals surface area (Å²) >= 11 is 3.46. The summed E-state index contributed by atoms with van der Waals surface area (Å²) in [5.74, 6) is 5.96. The van der Waals surface area contributed by atoms with Gasteiger partial charge in [-0.15, -0.1) is 6.42 Å². The lowest BCUT2D eigenvalue weighted by atomic mass is 10.0. The number of hydrogen-bond acceptors (Lipinski definition) is 12. The van der Waals surface area contributed by atoms with E-state index in [0.29, 0.717) is 54.7 Å². The van der Waals surface area contributed by atoms with Gasteiger partial charge in [0.2, 0.25) is 11.2 Å². The summed E-state index contributed by atoms with van der Waals surface area (Å²) in [6.07, 6.45) is 10.4. The van der Waals surface area contributed by atoms with E-state index >= 15 is 0 Å². The second-order valence-corrected chi connectivity index (χ2v) is 15.5. The molecule has 8 rings (SSSR count). The first-order chi connectivity index (χ1) is 30.1. The van der Waals surface area contributed by atoms with E-state index in [-0.39, 0.29) is 18.0 Å². The predicted octanol–water partition coefficient (Wildman–Crippen LogP) is 4.46. The van der Waals surface area contributed by atoms with Crippen molar-refractivity contribution in [3.8, 4) is 35.6 Å². The van der Waals surface area contributed by atoms with Crippen molar-refractivity contribution in [2.45, 2.75) is 50.7 Å². The predicted molar refractivity (Wildman–Crippen MR) is 237 cm³/mol. The highest BCUT2D eigenvalue weighted by Crippen LogP contribution is 2.28. The second-order valence-electron chi connectivity index (χ2n) is 14.6. The van der Waals surface area contributed by atoms with E-state index in [2.05, 4.69) is 53.9 Å². The van der Waals surface area contributed by atoms with Crippen LogP contribution in [-0.4, -0.2) is 126 Å². The standard InChI is InChI=1S/C23H22N4O4.C16H14BrN3O2.C7H9NO2/c1-4-17-19-18(9-12-24-17)27(25-20(19)21(28)31-3)16-7-5-6-15(14-16)8-10-23(30)11-13-26(2)22(23)29;1-3-12-14-13(7-8-18-12)20(19-15(14)16(21)22-2)11-6-4-5-10(17)9-11;1-3-7(10)4-5-8(2)6(7)9/h5-7,9,12,14,30H,4,11,13H2,1-3H3;4-9H,3H2,1-2H3;1,10H,4-5H2,2H3/t23-;;7-/m0.0/s1. The molecule has 2 saturated heterocycles. The molecule has 16 nitrogen and oxygen atoms in total. The van der Waals surface area contributed by atoms with E-state index in [1.54, 1.807) is 60.1 Å². The Hall–Kier alpha value is -6.92. The van der Waals surface area contributed by atoms with Gasteiger partial charge in [-0.25, -0.2) is 19.0 Å². The summed E-state index contributed by atoms with van der Waals surface area (Å²) in [6, 6.07) is 18.6. The smallest absolute Gasteiger partial charge is 0.359 e. The Bertz CT molecular complexity index is 2860. The Kier molecular flexibility index (Phi) is 13.8. The number of nitrogens with zero attached hydrogens (tertiary/aromatic N) is 8. The molecule has 4 aromatic heterocycles. The molecule has 0 bridgehead atoms. The Morgan fingerprint density at radius 3 is 1.65 bits per heavy atom. The van der Waals surface area contributed by atoms with Crippen LogP contribution in [0.3, 0.4) is 0 Å². The lowest BCUT2D eigenvalue weighted by Gasteiger charge is -2.13. The minimum absolute atomic E-state index is 0.202. The van der Waals surface area contributed by atoms with Gasteiger partial charge in [0, 0.05) is 62.5 Å². The molecular formula is C46H45BrN8O8. The number of pyridine rings is 2. The highest BCUT2D eigenvalue weighted by Gasteiger charge is 2.43. The number of carbonyl (C=O) groups excluding carboxylic acids is 4. The summed E-state index contributed by atoms with van der Waals surface area (Å²) in [6.45, 7) is 4.97. The molecule has 2 fully saturated rings. The fourth-order valence-electron chi connectivity index (χ4n) is 7.13. The number of hydrogen-bond donors (Lipinski definition) is 2. The number of terminal acetylenes is 1. The molecule has 2 amide bonds. The zero-order chi connectivity index (χ0) is 45.6. The molecular weight excluding hydrogens is 872 g/mol. The Morgan fingerprint density at radius 1 is 0.762 bits per heavy atom. The number of aliphatic hydroxyl groups is 2. The number of ether oxygens (including phenoxy) is 2. The first kappa shape index (κ1) is 45.6. The van der Waals surface area contributed by atoms with Gasteiger partial charge in [-0.3, -0.25) is 19.6 Å². The van der Waals surface area contributed by atoms with Crippen molar-refractivity contribution in [1.82, 2.24) is 39.3 Å². The Labute approximate surface area is 371 Å². The van der Waals surface area contributed by atoms with Crippen LogP contribution < -0.4 is 0 Å². The third-order valence-electron chi connectivity index (χ3n) is 10.6. The number of likely N-dealkylation sites (N-methyl/N-ethyl adjacent to an activating group) is 2. The van der Waals surface area contributed by atoms with Gasteiger partial charge in [-0.2, -0.15) is 10.2 Å². The number of fused-ring (bicyclic) bond motifs is 2. The average Bonchev–Trinajstić information content (AvgIpc) is 4.04. The maximum Gasteiger partial charge on any atom is 0.359 e. The number of halogens is 1. The van der Waals surface area contributed by atoms with Crippen LogP contribution in [0.25, 0.3) is 33.2 Å². The van der Waals surface area contributed by atoms with Crippen molar-refractivity contribution in [2.75, 3.05) is 41.4 Å². The minimum Gasteiger partial charge on any atom is -0.464 e. The number of benzene rings is 2. The van der Waals surface area contributed by atoms with Crippen molar-refractivity contribution in [3.05, 3.63) is 106 Å². The summed E-state index contributed by atoms with van der Waals surface area (Å²) < 4.78 is 14.1. The molecule has 6 heterocycles. The van der Waals surface area contributed by atoms with Crippen LogP contribution in [0.4, 0.5) is 0 Å². The lowest BCUT2D eigenvalue weighted by Crippen LogP contribution is -2.37. The fraction of sp³-hybridized carbons (Fsp3) is 0.304. The number of carbonyl (C=O) groups is 4. The molecule has 2 N–H and O–H groups in total. The van der Waals surface area contributed by atoms with Gasteiger partial charge in [-0.1, -0.05) is 59.7 Å². The third kappa shape index (κ3) is 9.17. The lowest BCUT2D eigenvalue weighted by molar-refractivity contribution is -0.138. The SMILES string of the molecule is C#C[C@]1(O)CCN(C)C1=O.CCc1nccc2c1c(C(=O)OC)nn2-c1cccc(Br)c1.CCc1nccc2c1c(C(=O)OC)nn2-c1cccc(C#C[C@]2(O)CCN(C)C2=O)c1. The molecule has 63 heavy (non-hydrogen) atoms.